The number of hydrogen-bond donors (Lipinski definition) is 2. The zero-order valence-corrected chi connectivity index (χ0v) is 21.9. The molecule has 6 rings (SSSR count). The van der Waals surface area contributed by atoms with Crippen LogP contribution in [0.5, 0.6) is 0 Å². The zero-order valence-electron chi connectivity index (χ0n) is 21.9. The Bertz CT molecular complexity index is 1900. The van der Waals surface area contributed by atoms with E-state index >= 15 is 0 Å². The van der Waals surface area contributed by atoms with Gasteiger partial charge in [0.05, 0.1) is 5.56 Å². The second-order valence-corrected chi connectivity index (χ2v) is 10.8. The predicted molar refractivity (Wildman–Crippen MR) is 157 cm³/mol. The number of nitrogens with two attached hydrogens (primary N) is 1. The predicted octanol–water partition coefficient (Wildman–Crippen LogP) is 8.45. The number of carbonyl (C=O) groups is 2. The van der Waals surface area contributed by atoms with E-state index in [4.69, 9.17) is 5.73 Å². The highest BCUT2D eigenvalue weighted by molar-refractivity contribution is 6.38. The number of benzene rings is 6. The summed E-state index contributed by atoms with van der Waals surface area (Å²) in [4.78, 5) is 25.4. The van der Waals surface area contributed by atoms with E-state index in [-0.39, 0.29) is 23.0 Å². The molecule has 0 spiro atoms. The van der Waals surface area contributed by atoms with E-state index in [1.807, 2.05) is 24.3 Å². The average Bonchev–Trinajstić information content (AvgIpc) is 2.90. The van der Waals surface area contributed by atoms with Crippen molar-refractivity contribution >= 4 is 55.0 Å². The van der Waals surface area contributed by atoms with Gasteiger partial charge < -0.3 is 10.8 Å². The molecule has 0 atom stereocenters. The molecule has 4 nitrogen and oxygen atoms in total. The number of carboxylic acid groups (broad SMARTS) is 1. The topological polar surface area (TPSA) is 80.4 Å². The number of rotatable bonds is 5. The molecule has 0 aliphatic carbocycles. The molecule has 0 unspecified atom stereocenters. The van der Waals surface area contributed by atoms with E-state index in [2.05, 4.69) is 70.2 Å². The Kier molecular flexibility index (Phi) is 5.39. The van der Waals surface area contributed by atoms with Gasteiger partial charge in [0.2, 0.25) is 5.91 Å². The highest BCUT2D eigenvalue weighted by Crippen LogP contribution is 2.48. The molecule has 3 N–H and O–H groups in total. The van der Waals surface area contributed by atoms with Crippen LogP contribution in [0.3, 0.4) is 0 Å². The lowest BCUT2D eigenvalue weighted by atomic mass is 9.78. The number of aromatic carboxylic acids is 1. The normalized spacial score (nSPS) is 12.1. The second kappa shape index (κ2) is 8.56. The Morgan fingerprint density at radius 3 is 1.82 bits per heavy atom. The van der Waals surface area contributed by atoms with Gasteiger partial charge in [-0.25, -0.2) is 4.79 Å². The summed E-state index contributed by atoms with van der Waals surface area (Å²) in [6.07, 6.45) is 0. The van der Waals surface area contributed by atoms with E-state index in [0.717, 1.165) is 48.8 Å². The molecule has 0 aromatic heterocycles. The third-order valence-corrected chi connectivity index (χ3v) is 7.89. The minimum atomic E-state index is -1.08. The molecule has 0 saturated heterocycles. The van der Waals surface area contributed by atoms with E-state index in [0.29, 0.717) is 5.39 Å². The summed E-state index contributed by atoms with van der Waals surface area (Å²) in [5.74, 6) is -1.25. The SMILES string of the molecule is CC(C)c1cccc(C(C)C)c1-c1cc(C(N)=O)c2c(C(=O)O)ccc3c4cccc5cccc(c1c23)c54. The van der Waals surface area contributed by atoms with Crippen molar-refractivity contribution < 1.29 is 14.7 Å². The van der Waals surface area contributed by atoms with Crippen molar-refractivity contribution in [3.05, 3.63) is 95.1 Å². The smallest absolute Gasteiger partial charge is 0.336 e. The molecule has 0 bridgehead atoms. The van der Waals surface area contributed by atoms with Crippen LogP contribution in [0.15, 0.2) is 72.8 Å². The molecule has 188 valence electrons. The maximum absolute atomic E-state index is 13.0. The Hall–Kier alpha value is -4.44. The van der Waals surface area contributed by atoms with Gasteiger partial charge in [0.15, 0.2) is 0 Å². The lowest BCUT2D eigenvalue weighted by Crippen LogP contribution is -2.14. The van der Waals surface area contributed by atoms with Crippen LogP contribution in [-0.4, -0.2) is 17.0 Å². The Labute approximate surface area is 221 Å². The van der Waals surface area contributed by atoms with Crippen molar-refractivity contribution in [2.45, 2.75) is 39.5 Å². The van der Waals surface area contributed by atoms with Gasteiger partial charge in [0.1, 0.15) is 0 Å². The summed E-state index contributed by atoms with van der Waals surface area (Å²) in [6.45, 7) is 8.70. The molecule has 4 heteroatoms. The molecule has 0 aliphatic heterocycles. The molecule has 6 aromatic carbocycles. The Morgan fingerprint density at radius 2 is 1.24 bits per heavy atom. The van der Waals surface area contributed by atoms with Gasteiger partial charge in [-0.15, -0.1) is 0 Å². The van der Waals surface area contributed by atoms with Gasteiger partial charge in [-0.05, 0) is 83.9 Å². The van der Waals surface area contributed by atoms with Crippen molar-refractivity contribution in [1.29, 1.82) is 0 Å². The molecular weight excluding hydrogens is 470 g/mol. The number of carbonyl (C=O) groups excluding carboxylic acids is 1. The first-order valence-corrected chi connectivity index (χ1v) is 13.0. The van der Waals surface area contributed by atoms with Gasteiger partial charge in [-0.1, -0.05) is 88.4 Å². The van der Waals surface area contributed by atoms with E-state index in [1.165, 1.54) is 11.1 Å². The van der Waals surface area contributed by atoms with E-state index < -0.39 is 11.9 Å². The number of amides is 1. The van der Waals surface area contributed by atoms with Crippen molar-refractivity contribution in [3.63, 3.8) is 0 Å². The maximum Gasteiger partial charge on any atom is 0.336 e. The highest BCUT2D eigenvalue weighted by Gasteiger charge is 2.26. The first-order chi connectivity index (χ1) is 18.2. The molecule has 0 saturated carbocycles. The second-order valence-electron chi connectivity index (χ2n) is 10.8. The van der Waals surface area contributed by atoms with E-state index in [1.54, 1.807) is 6.07 Å². The van der Waals surface area contributed by atoms with E-state index in [9.17, 15) is 14.7 Å². The largest absolute Gasteiger partial charge is 0.478 e. The monoisotopic (exact) mass is 499 g/mol. The molecule has 1 amide bonds. The Balaban J connectivity index is 2.01. The molecule has 0 radical (unpaired) electrons. The zero-order chi connectivity index (χ0) is 26.9. The van der Waals surface area contributed by atoms with Gasteiger partial charge in [-0.2, -0.15) is 0 Å². The van der Waals surface area contributed by atoms with Crippen LogP contribution in [0, 0.1) is 0 Å². The van der Waals surface area contributed by atoms with Crippen molar-refractivity contribution in [1.82, 2.24) is 0 Å². The van der Waals surface area contributed by atoms with Crippen LogP contribution in [-0.2, 0) is 0 Å². The molecule has 0 fully saturated rings. The molecular formula is C34H29NO3. The molecule has 0 aliphatic rings. The fraction of sp³-hybridized carbons (Fsp3) is 0.176. The van der Waals surface area contributed by atoms with Gasteiger partial charge >= 0.3 is 5.97 Å². The fourth-order valence-corrected chi connectivity index (χ4v) is 6.28. The molecule has 38 heavy (non-hydrogen) atoms. The minimum Gasteiger partial charge on any atom is -0.478 e. The lowest BCUT2D eigenvalue weighted by molar-refractivity contribution is 0.0699. The first kappa shape index (κ1) is 23.9. The van der Waals surface area contributed by atoms with Crippen LogP contribution in [0.2, 0.25) is 0 Å². The van der Waals surface area contributed by atoms with Crippen LogP contribution in [0.1, 0.15) is 71.4 Å². The summed E-state index contributed by atoms with van der Waals surface area (Å²) in [5.41, 5.74) is 10.7. The number of fused-ring (bicyclic) bond motifs is 2. The quantitative estimate of drug-likeness (QED) is 0.184. The van der Waals surface area contributed by atoms with Crippen molar-refractivity contribution in [2.24, 2.45) is 5.73 Å². The summed E-state index contributed by atoms with van der Waals surface area (Å²) in [7, 11) is 0. The van der Waals surface area contributed by atoms with Gasteiger partial charge in [0.25, 0.3) is 0 Å². The number of carboxylic acids is 1. The van der Waals surface area contributed by atoms with Crippen LogP contribution >= 0.6 is 0 Å². The summed E-state index contributed by atoms with van der Waals surface area (Å²) in [5, 5.41) is 17.6. The lowest BCUT2D eigenvalue weighted by Gasteiger charge is -2.25. The summed E-state index contributed by atoms with van der Waals surface area (Å²) in [6, 6.07) is 24.2. The standard InChI is InChI=1S/C34H29NO3/c1-17(2)20-10-7-11-21(18(3)4)29(20)26-16-27(33(35)36)31-25(34(37)38)15-14-23-22-12-5-8-19-9-6-13-24(28(19)22)30(26)32(23)31/h5-18H,1-4H3,(H2,35,36)(H,37,38). The third-order valence-electron chi connectivity index (χ3n) is 7.89. The summed E-state index contributed by atoms with van der Waals surface area (Å²) >= 11 is 0. The molecule has 6 aromatic rings. The fourth-order valence-electron chi connectivity index (χ4n) is 6.28. The number of hydrogen-bond acceptors (Lipinski definition) is 2. The van der Waals surface area contributed by atoms with Gasteiger partial charge in [0, 0.05) is 10.9 Å². The van der Waals surface area contributed by atoms with Gasteiger partial charge in [-0.3, -0.25) is 4.79 Å². The average molecular weight is 500 g/mol. The van der Waals surface area contributed by atoms with Crippen molar-refractivity contribution in [3.8, 4) is 11.1 Å². The summed E-state index contributed by atoms with van der Waals surface area (Å²) < 4.78 is 0. The van der Waals surface area contributed by atoms with Crippen LogP contribution in [0.4, 0.5) is 0 Å². The first-order valence-electron chi connectivity index (χ1n) is 13.0. The van der Waals surface area contributed by atoms with Crippen LogP contribution < -0.4 is 5.73 Å². The van der Waals surface area contributed by atoms with Crippen molar-refractivity contribution in [2.75, 3.05) is 0 Å². The minimum absolute atomic E-state index is 0.0816. The Morgan fingerprint density at radius 1 is 0.658 bits per heavy atom. The van der Waals surface area contributed by atoms with Crippen LogP contribution in [0.25, 0.3) is 54.2 Å². The highest BCUT2D eigenvalue weighted by atomic mass is 16.4. The molecule has 0 heterocycles. The third kappa shape index (κ3) is 3.30. The number of primary amides is 1. The maximum atomic E-state index is 13.0.